The molecule has 0 unspecified atom stereocenters. The lowest BCUT2D eigenvalue weighted by atomic mass is 10.0. The van der Waals surface area contributed by atoms with Crippen LogP contribution < -0.4 is 0 Å². The maximum absolute atomic E-state index is 7.75. The van der Waals surface area contributed by atoms with Crippen molar-refractivity contribution >= 4 is 77.3 Å². The largest absolute Gasteiger partial charge is 0.416 e. The molecule has 0 bridgehead atoms. The maximum atomic E-state index is 7.75. The van der Waals surface area contributed by atoms with Crippen molar-refractivity contribution in [1.29, 1.82) is 0 Å². The maximum Gasteiger partial charge on any atom is 0.317 e. The zero-order valence-electron chi connectivity index (χ0n) is 36.9. The molecule has 1 aliphatic heterocycles. The normalized spacial score (nSPS) is 23.2. The van der Waals surface area contributed by atoms with Gasteiger partial charge >= 0.3 is 34.2 Å². The van der Waals surface area contributed by atoms with Crippen molar-refractivity contribution in [2.45, 2.75) is 88.9 Å². The first kappa shape index (κ1) is 42.8. The highest BCUT2D eigenvalue weighted by molar-refractivity contribution is 6.94. The third kappa shape index (κ3) is 10.1. The van der Waals surface area contributed by atoms with E-state index in [0.29, 0.717) is 0 Å². The molecule has 0 radical (unpaired) electrons. The van der Waals surface area contributed by atoms with Crippen molar-refractivity contribution in [3.05, 3.63) is 192 Å². The Hall–Kier alpha value is -4.49. The fraction of sp³-hybridized carbons (Fsp3) is 0.259. The molecular formula is C54H60O4Si4. The van der Waals surface area contributed by atoms with Crippen LogP contribution in [-0.2, 0) is 42.1 Å². The second-order valence-corrected chi connectivity index (χ2v) is 32.6. The van der Waals surface area contributed by atoms with Gasteiger partial charge in [-0.3, -0.25) is 0 Å². The van der Waals surface area contributed by atoms with Crippen molar-refractivity contribution < 1.29 is 16.5 Å². The molecule has 8 aromatic carbocycles. The Kier molecular flexibility index (Phi) is 12.6. The highest BCUT2D eigenvalue weighted by Gasteiger charge is 2.56. The predicted octanol–water partition coefficient (Wildman–Crippen LogP) is 14.7. The van der Waals surface area contributed by atoms with Crippen LogP contribution in [0.4, 0.5) is 0 Å². The van der Waals surface area contributed by atoms with Crippen LogP contribution in [0, 0.1) is 0 Å². The summed E-state index contributed by atoms with van der Waals surface area (Å²) in [6.45, 7) is 9.31. The molecule has 0 N–H and O–H groups in total. The molecule has 4 nitrogen and oxygen atoms in total. The Bertz CT molecular complexity index is 2610. The summed E-state index contributed by atoms with van der Waals surface area (Å²) in [6, 6.07) is 65.5. The van der Waals surface area contributed by atoms with Crippen LogP contribution in [0.5, 0.6) is 0 Å². The summed E-state index contributed by atoms with van der Waals surface area (Å²) in [5, 5.41) is 10.3. The highest BCUT2D eigenvalue weighted by atomic mass is 28.5. The van der Waals surface area contributed by atoms with E-state index >= 15 is 0 Å². The van der Waals surface area contributed by atoms with Crippen LogP contribution in [0.2, 0.25) is 50.4 Å². The molecular weight excluding hydrogens is 825 g/mol. The number of benzene rings is 8. The standard InChI is InChI=1S/C54H60O4Si4/c1-59(37-15-27-49-25-13-23-47-19-9-11-29-53(47)49)55-61(3,39-35-43-31-33-45-17-5-7-21-51(45)41-43)57-60(2,38-16-28-50-26-14-24-48-20-10-12-30-54(48)50)58-62(4,56-59)40-36-44-32-34-46-18-6-8-22-52(46)42-44/h5-14,17-26,29-34,41-42H,15-16,27-28,35-40H2,1-4H3. The number of aryl methyl sites for hydroxylation is 4. The smallest absolute Gasteiger partial charge is 0.317 e. The van der Waals surface area contributed by atoms with E-state index in [-0.39, 0.29) is 0 Å². The van der Waals surface area contributed by atoms with Gasteiger partial charge in [0.15, 0.2) is 0 Å². The van der Waals surface area contributed by atoms with Gasteiger partial charge < -0.3 is 16.5 Å². The van der Waals surface area contributed by atoms with E-state index in [0.717, 1.165) is 62.7 Å². The molecule has 1 aliphatic rings. The van der Waals surface area contributed by atoms with Crippen molar-refractivity contribution in [3.63, 3.8) is 0 Å². The van der Waals surface area contributed by atoms with Crippen LogP contribution in [0.3, 0.4) is 0 Å². The van der Waals surface area contributed by atoms with Gasteiger partial charge in [0.1, 0.15) is 0 Å². The Morgan fingerprint density at radius 3 is 1.06 bits per heavy atom. The number of rotatable bonds is 14. The molecule has 0 amide bonds. The van der Waals surface area contributed by atoms with Crippen LogP contribution in [0.15, 0.2) is 170 Å². The first-order chi connectivity index (χ1) is 30.0. The second kappa shape index (κ2) is 18.3. The average molecular weight is 885 g/mol. The molecule has 1 fully saturated rings. The molecule has 316 valence electrons. The fourth-order valence-corrected chi connectivity index (χ4v) is 33.2. The minimum absolute atomic E-state index is 0.852. The van der Waals surface area contributed by atoms with Crippen LogP contribution in [0.25, 0.3) is 43.1 Å². The quantitative estimate of drug-likeness (QED) is 0.102. The van der Waals surface area contributed by atoms with Crippen molar-refractivity contribution in [2.75, 3.05) is 0 Å². The molecule has 0 aliphatic carbocycles. The number of fused-ring (bicyclic) bond motifs is 4. The molecule has 0 aromatic heterocycles. The molecule has 9 rings (SSSR count). The molecule has 1 saturated heterocycles. The van der Waals surface area contributed by atoms with E-state index in [9.17, 15) is 0 Å². The van der Waals surface area contributed by atoms with Crippen molar-refractivity contribution in [3.8, 4) is 0 Å². The number of hydrogen-bond donors (Lipinski definition) is 0. The zero-order valence-corrected chi connectivity index (χ0v) is 40.9. The minimum atomic E-state index is -2.87. The Balaban J connectivity index is 1.02. The summed E-state index contributed by atoms with van der Waals surface area (Å²) in [6.07, 6.45) is 5.71. The van der Waals surface area contributed by atoms with Gasteiger partial charge in [0.2, 0.25) is 0 Å². The molecule has 1 heterocycles. The van der Waals surface area contributed by atoms with Gasteiger partial charge in [-0.2, -0.15) is 0 Å². The number of hydrogen-bond acceptors (Lipinski definition) is 4. The highest BCUT2D eigenvalue weighted by Crippen LogP contribution is 2.40. The first-order valence-corrected chi connectivity index (χ1v) is 32.8. The Morgan fingerprint density at radius 2 is 0.645 bits per heavy atom. The summed E-state index contributed by atoms with van der Waals surface area (Å²) in [5.41, 5.74) is 5.42. The van der Waals surface area contributed by atoms with Crippen molar-refractivity contribution in [2.24, 2.45) is 0 Å². The van der Waals surface area contributed by atoms with E-state index in [2.05, 4.69) is 196 Å². The Labute approximate surface area is 372 Å². The molecule has 8 heteroatoms. The summed E-state index contributed by atoms with van der Waals surface area (Å²) in [5.74, 6) is 0. The molecule has 8 aromatic rings. The van der Waals surface area contributed by atoms with E-state index in [1.165, 1.54) is 65.3 Å². The van der Waals surface area contributed by atoms with Gasteiger partial charge in [-0.15, -0.1) is 0 Å². The van der Waals surface area contributed by atoms with Gasteiger partial charge in [-0.05, 0) is 154 Å². The van der Waals surface area contributed by atoms with Gasteiger partial charge in [0.05, 0.1) is 0 Å². The topological polar surface area (TPSA) is 36.9 Å². The third-order valence-electron chi connectivity index (χ3n) is 13.0. The molecule has 0 atom stereocenters. The minimum Gasteiger partial charge on any atom is -0.416 e. The van der Waals surface area contributed by atoms with Gasteiger partial charge in [0.25, 0.3) is 0 Å². The molecule has 62 heavy (non-hydrogen) atoms. The van der Waals surface area contributed by atoms with Crippen molar-refractivity contribution in [1.82, 2.24) is 0 Å². The van der Waals surface area contributed by atoms with Crippen LogP contribution in [0.1, 0.15) is 35.1 Å². The summed E-state index contributed by atoms with van der Waals surface area (Å²) < 4.78 is 31.0. The average Bonchev–Trinajstić information content (AvgIpc) is 3.27. The van der Waals surface area contributed by atoms with E-state index < -0.39 is 34.2 Å². The van der Waals surface area contributed by atoms with E-state index in [4.69, 9.17) is 16.5 Å². The lowest BCUT2D eigenvalue weighted by Crippen LogP contribution is -2.67. The molecule has 0 saturated carbocycles. The van der Waals surface area contributed by atoms with E-state index in [1.54, 1.807) is 0 Å². The fourth-order valence-electron chi connectivity index (χ4n) is 10.1. The first-order valence-electron chi connectivity index (χ1n) is 22.7. The summed E-state index contributed by atoms with van der Waals surface area (Å²) in [7, 11) is -11.5. The summed E-state index contributed by atoms with van der Waals surface area (Å²) in [4.78, 5) is 0. The molecule has 0 spiro atoms. The van der Waals surface area contributed by atoms with Gasteiger partial charge in [0, 0.05) is 0 Å². The summed E-state index contributed by atoms with van der Waals surface area (Å²) >= 11 is 0. The lowest BCUT2D eigenvalue weighted by Gasteiger charge is -2.50. The Morgan fingerprint density at radius 1 is 0.306 bits per heavy atom. The monoisotopic (exact) mass is 884 g/mol. The second-order valence-electron chi connectivity index (χ2n) is 18.3. The van der Waals surface area contributed by atoms with Crippen LogP contribution >= 0.6 is 0 Å². The lowest BCUT2D eigenvalue weighted by molar-refractivity contribution is 0.221. The van der Waals surface area contributed by atoms with Gasteiger partial charge in [-0.25, -0.2) is 0 Å². The predicted molar refractivity (Wildman–Crippen MR) is 270 cm³/mol. The third-order valence-corrected chi connectivity index (χ3v) is 31.7. The zero-order chi connectivity index (χ0) is 42.6. The van der Waals surface area contributed by atoms with Gasteiger partial charge in [-0.1, -0.05) is 170 Å². The SMILES string of the molecule is C[Si]1(CCCc2cccc3ccccc23)O[Si](C)(CCc2ccc3ccccc3c2)O[Si](C)(CCCc2cccc3ccccc23)O[Si](C)(CCc2ccc3ccccc3c2)O1. The van der Waals surface area contributed by atoms with E-state index in [1.807, 2.05) is 0 Å². The van der Waals surface area contributed by atoms with Crippen LogP contribution in [-0.4, -0.2) is 34.2 Å².